The van der Waals surface area contributed by atoms with E-state index in [1.807, 2.05) is 30.3 Å². The maximum absolute atomic E-state index is 11.8. The lowest BCUT2D eigenvalue weighted by Gasteiger charge is -2.35. The standard InChI is InChI=1S/C15H17N3O4/c16-11-15(6-8-18(9-7-15)14(20)21)17-13(19)22-10-12-4-2-1-3-5-12/h1-5H,6-10H2,(H,17,19)(H,20,21). The molecule has 2 N–H and O–H groups in total. The van der Waals surface area contributed by atoms with Crippen molar-refractivity contribution in [3.8, 4) is 6.07 Å². The summed E-state index contributed by atoms with van der Waals surface area (Å²) in [5.41, 5.74) is -0.218. The van der Waals surface area contributed by atoms with Crippen LogP contribution in [0, 0.1) is 11.3 Å². The van der Waals surface area contributed by atoms with Crippen molar-refractivity contribution in [3.05, 3.63) is 35.9 Å². The van der Waals surface area contributed by atoms with Gasteiger partial charge in [0.05, 0.1) is 6.07 Å². The number of hydrogen-bond donors (Lipinski definition) is 2. The molecular weight excluding hydrogens is 286 g/mol. The fraction of sp³-hybridized carbons (Fsp3) is 0.400. The first-order valence-corrected chi connectivity index (χ1v) is 6.93. The van der Waals surface area contributed by atoms with Crippen LogP contribution in [0.1, 0.15) is 18.4 Å². The predicted molar refractivity (Wildman–Crippen MR) is 76.9 cm³/mol. The molecule has 0 aliphatic carbocycles. The molecule has 0 saturated carbocycles. The summed E-state index contributed by atoms with van der Waals surface area (Å²) in [5.74, 6) is 0. The molecule has 0 atom stereocenters. The number of alkyl carbamates (subject to hydrolysis) is 1. The maximum Gasteiger partial charge on any atom is 0.408 e. The number of likely N-dealkylation sites (tertiary alicyclic amines) is 1. The molecule has 1 aromatic rings. The number of nitrogens with zero attached hydrogens (tertiary/aromatic N) is 2. The summed E-state index contributed by atoms with van der Waals surface area (Å²) in [5, 5.41) is 20.8. The molecule has 2 amide bonds. The summed E-state index contributed by atoms with van der Waals surface area (Å²) in [6.07, 6.45) is -1.20. The molecule has 0 aromatic heterocycles. The monoisotopic (exact) mass is 303 g/mol. The maximum atomic E-state index is 11.8. The number of benzene rings is 1. The molecule has 2 rings (SSSR count). The van der Waals surface area contributed by atoms with E-state index in [1.165, 1.54) is 4.90 Å². The third-order valence-corrected chi connectivity index (χ3v) is 3.66. The highest BCUT2D eigenvalue weighted by atomic mass is 16.5. The van der Waals surface area contributed by atoms with Gasteiger partial charge < -0.3 is 20.1 Å². The minimum absolute atomic E-state index is 0.120. The van der Waals surface area contributed by atoms with Crippen molar-refractivity contribution in [2.45, 2.75) is 25.0 Å². The first kappa shape index (κ1) is 15.6. The fourth-order valence-electron chi connectivity index (χ4n) is 2.30. The van der Waals surface area contributed by atoms with Crippen LogP contribution in [0.2, 0.25) is 0 Å². The van der Waals surface area contributed by atoms with Crippen LogP contribution in [0.5, 0.6) is 0 Å². The summed E-state index contributed by atoms with van der Waals surface area (Å²) in [6, 6.07) is 11.3. The van der Waals surface area contributed by atoms with Gasteiger partial charge in [-0.1, -0.05) is 30.3 Å². The highest BCUT2D eigenvalue weighted by Gasteiger charge is 2.38. The number of carboxylic acid groups (broad SMARTS) is 1. The molecule has 1 saturated heterocycles. The van der Waals surface area contributed by atoms with Crippen LogP contribution < -0.4 is 5.32 Å². The van der Waals surface area contributed by atoms with E-state index in [0.29, 0.717) is 0 Å². The van der Waals surface area contributed by atoms with Crippen LogP contribution in [0.25, 0.3) is 0 Å². The van der Waals surface area contributed by atoms with Gasteiger partial charge in [0, 0.05) is 25.9 Å². The number of nitriles is 1. The molecule has 0 bridgehead atoms. The topological polar surface area (TPSA) is 103 Å². The second kappa shape index (κ2) is 6.80. The van der Waals surface area contributed by atoms with Gasteiger partial charge in [0.2, 0.25) is 0 Å². The molecule has 0 unspecified atom stereocenters. The lowest BCUT2D eigenvalue weighted by molar-refractivity contribution is 0.106. The normalized spacial score (nSPS) is 16.4. The van der Waals surface area contributed by atoms with Crippen molar-refractivity contribution in [2.24, 2.45) is 0 Å². The SMILES string of the molecule is N#CC1(NC(=O)OCc2ccccc2)CCN(C(=O)O)CC1. The van der Waals surface area contributed by atoms with Crippen LogP contribution in [0.4, 0.5) is 9.59 Å². The van der Waals surface area contributed by atoms with Crippen molar-refractivity contribution in [1.82, 2.24) is 10.2 Å². The molecule has 1 heterocycles. The van der Waals surface area contributed by atoms with Gasteiger partial charge in [-0.15, -0.1) is 0 Å². The smallest absolute Gasteiger partial charge is 0.408 e. The van der Waals surface area contributed by atoms with E-state index in [2.05, 4.69) is 11.4 Å². The average molecular weight is 303 g/mol. The number of amides is 2. The van der Waals surface area contributed by atoms with Gasteiger partial charge >= 0.3 is 12.2 Å². The number of piperidine rings is 1. The fourth-order valence-corrected chi connectivity index (χ4v) is 2.30. The second-order valence-corrected chi connectivity index (χ2v) is 5.15. The number of hydrogen-bond acceptors (Lipinski definition) is 4. The zero-order valence-electron chi connectivity index (χ0n) is 12.0. The van der Waals surface area contributed by atoms with Gasteiger partial charge in [0.25, 0.3) is 0 Å². The van der Waals surface area contributed by atoms with Crippen molar-refractivity contribution >= 4 is 12.2 Å². The highest BCUT2D eigenvalue weighted by molar-refractivity contribution is 5.69. The molecule has 1 aromatic carbocycles. The molecule has 22 heavy (non-hydrogen) atoms. The van der Waals surface area contributed by atoms with E-state index in [9.17, 15) is 14.9 Å². The number of ether oxygens (including phenoxy) is 1. The molecule has 1 fully saturated rings. The van der Waals surface area contributed by atoms with E-state index in [1.54, 1.807) is 0 Å². The van der Waals surface area contributed by atoms with Crippen molar-refractivity contribution < 1.29 is 19.4 Å². The molecule has 7 heteroatoms. The highest BCUT2D eigenvalue weighted by Crippen LogP contribution is 2.22. The van der Waals surface area contributed by atoms with Gasteiger partial charge in [0.1, 0.15) is 12.1 Å². The zero-order valence-corrected chi connectivity index (χ0v) is 12.0. The van der Waals surface area contributed by atoms with Crippen LogP contribution >= 0.6 is 0 Å². The Kier molecular flexibility index (Phi) is 4.84. The molecule has 1 aliphatic heterocycles. The van der Waals surface area contributed by atoms with Gasteiger partial charge in [-0.25, -0.2) is 9.59 Å². The molecular formula is C15H17N3O4. The van der Waals surface area contributed by atoms with Gasteiger partial charge in [-0.3, -0.25) is 0 Å². The van der Waals surface area contributed by atoms with Crippen LogP contribution in [0.15, 0.2) is 30.3 Å². The largest absolute Gasteiger partial charge is 0.465 e. The van der Waals surface area contributed by atoms with Crippen molar-refractivity contribution in [2.75, 3.05) is 13.1 Å². The Morgan fingerprint density at radius 3 is 2.50 bits per heavy atom. The summed E-state index contributed by atoms with van der Waals surface area (Å²) in [7, 11) is 0. The van der Waals surface area contributed by atoms with Crippen LogP contribution in [-0.4, -0.2) is 40.8 Å². The van der Waals surface area contributed by atoms with E-state index in [4.69, 9.17) is 9.84 Å². The Labute approximate surface area is 128 Å². The van der Waals surface area contributed by atoms with Crippen LogP contribution in [0.3, 0.4) is 0 Å². The predicted octanol–water partition coefficient (Wildman–Crippen LogP) is 1.95. The first-order chi connectivity index (χ1) is 10.5. The summed E-state index contributed by atoms with van der Waals surface area (Å²) >= 11 is 0. The van der Waals surface area contributed by atoms with E-state index >= 15 is 0 Å². The van der Waals surface area contributed by atoms with Gasteiger partial charge in [-0.05, 0) is 5.56 Å². The minimum atomic E-state index is -1.07. The number of carbonyl (C=O) groups excluding carboxylic acids is 1. The molecule has 1 aliphatic rings. The lowest BCUT2D eigenvalue weighted by Crippen LogP contribution is -2.55. The Balaban J connectivity index is 1.87. The van der Waals surface area contributed by atoms with Gasteiger partial charge in [0.15, 0.2) is 0 Å². The molecule has 7 nitrogen and oxygen atoms in total. The quantitative estimate of drug-likeness (QED) is 0.888. The molecule has 0 spiro atoms. The Hall–Kier alpha value is -2.75. The van der Waals surface area contributed by atoms with E-state index < -0.39 is 17.7 Å². The summed E-state index contributed by atoms with van der Waals surface area (Å²) < 4.78 is 5.10. The third kappa shape index (κ3) is 3.88. The third-order valence-electron chi connectivity index (χ3n) is 3.66. The second-order valence-electron chi connectivity index (χ2n) is 5.15. The number of carbonyl (C=O) groups is 2. The minimum Gasteiger partial charge on any atom is -0.465 e. The van der Waals surface area contributed by atoms with Gasteiger partial charge in [-0.2, -0.15) is 5.26 Å². The lowest BCUT2D eigenvalue weighted by atomic mass is 9.89. The number of nitrogens with one attached hydrogen (secondary N) is 1. The zero-order chi connectivity index (χ0) is 16.0. The first-order valence-electron chi connectivity index (χ1n) is 6.93. The molecule has 116 valence electrons. The Bertz CT molecular complexity index is 574. The summed E-state index contributed by atoms with van der Waals surface area (Å²) in [4.78, 5) is 23.9. The van der Waals surface area contributed by atoms with E-state index in [-0.39, 0.29) is 32.5 Å². The summed E-state index contributed by atoms with van der Waals surface area (Å²) in [6.45, 7) is 0.541. The average Bonchev–Trinajstić information content (AvgIpc) is 2.54. The van der Waals surface area contributed by atoms with Crippen molar-refractivity contribution in [3.63, 3.8) is 0 Å². The Morgan fingerprint density at radius 2 is 1.95 bits per heavy atom. The van der Waals surface area contributed by atoms with Crippen LogP contribution in [-0.2, 0) is 11.3 Å². The number of rotatable bonds is 3. The van der Waals surface area contributed by atoms with E-state index in [0.717, 1.165) is 5.56 Å². The Morgan fingerprint density at radius 1 is 1.32 bits per heavy atom. The molecule has 0 radical (unpaired) electrons. The van der Waals surface area contributed by atoms with Crippen molar-refractivity contribution in [1.29, 1.82) is 5.26 Å².